The molecule has 1 rings (SSSR count). The maximum absolute atomic E-state index is 11.7. The number of ether oxygens (including phenoxy) is 1. The Kier molecular flexibility index (Phi) is 10.9. The SMILES string of the molecule is C=CCNC(=NC)NCCc1ccc(NC(=O)OC(C)(C)C)cc1.I. The summed E-state index contributed by atoms with van der Waals surface area (Å²) in [6.45, 7) is 10.6. The molecule has 0 aromatic heterocycles. The Morgan fingerprint density at radius 2 is 1.88 bits per heavy atom. The van der Waals surface area contributed by atoms with Gasteiger partial charge < -0.3 is 15.4 Å². The van der Waals surface area contributed by atoms with Crippen molar-refractivity contribution in [3.63, 3.8) is 0 Å². The Bertz CT molecular complexity index is 565. The van der Waals surface area contributed by atoms with Crippen molar-refractivity contribution in [1.29, 1.82) is 0 Å². The standard InChI is InChI=1S/C18H28N4O2.HI/c1-6-12-20-16(19-5)21-13-11-14-7-9-15(10-8-14)22-17(23)24-18(2,3)4;/h6-10H,1,11-13H2,2-5H3,(H,22,23)(H2,19,20,21);1H. The molecule has 6 nitrogen and oxygen atoms in total. The molecule has 0 heterocycles. The van der Waals surface area contributed by atoms with Crippen molar-refractivity contribution in [3.8, 4) is 0 Å². The first-order valence-electron chi connectivity index (χ1n) is 7.98. The second kappa shape index (κ2) is 11.7. The van der Waals surface area contributed by atoms with Gasteiger partial charge in [-0.2, -0.15) is 0 Å². The number of rotatable bonds is 6. The van der Waals surface area contributed by atoms with Crippen LogP contribution < -0.4 is 16.0 Å². The minimum atomic E-state index is -0.506. The van der Waals surface area contributed by atoms with Crippen LogP contribution in [0.2, 0.25) is 0 Å². The van der Waals surface area contributed by atoms with Crippen LogP contribution in [0.25, 0.3) is 0 Å². The van der Waals surface area contributed by atoms with Crippen LogP contribution in [-0.4, -0.2) is 37.8 Å². The van der Waals surface area contributed by atoms with Gasteiger partial charge in [-0.1, -0.05) is 18.2 Å². The third-order valence-electron chi connectivity index (χ3n) is 2.94. The highest BCUT2D eigenvalue weighted by atomic mass is 127. The van der Waals surface area contributed by atoms with Gasteiger partial charge in [0.05, 0.1) is 0 Å². The molecule has 0 aliphatic carbocycles. The summed E-state index contributed by atoms with van der Waals surface area (Å²) in [7, 11) is 1.73. The zero-order valence-corrected chi connectivity index (χ0v) is 17.7. The molecule has 0 radical (unpaired) electrons. The van der Waals surface area contributed by atoms with Gasteiger partial charge in [0.15, 0.2) is 5.96 Å². The van der Waals surface area contributed by atoms with Gasteiger partial charge in [0.2, 0.25) is 0 Å². The zero-order valence-electron chi connectivity index (χ0n) is 15.4. The number of benzene rings is 1. The summed E-state index contributed by atoms with van der Waals surface area (Å²) >= 11 is 0. The Morgan fingerprint density at radius 1 is 1.24 bits per heavy atom. The molecule has 0 saturated carbocycles. The number of carbonyl (C=O) groups is 1. The number of hydrogen-bond acceptors (Lipinski definition) is 3. The summed E-state index contributed by atoms with van der Waals surface area (Å²) in [5.41, 5.74) is 1.37. The Balaban J connectivity index is 0.00000576. The van der Waals surface area contributed by atoms with Gasteiger partial charge in [-0.05, 0) is 44.9 Å². The number of amides is 1. The summed E-state index contributed by atoms with van der Waals surface area (Å²) in [5, 5.41) is 9.06. The number of guanidine groups is 1. The first-order valence-corrected chi connectivity index (χ1v) is 7.98. The lowest BCUT2D eigenvalue weighted by Gasteiger charge is -2.19. The monoisotopic (exact) mass is 460 g/mol. The molecule has 0 spiro atoms. The number of nitrogens with one attached hydrogen (secondary N) is 3. The first-order chi connectivity index (χ1) is 11.3. The molecular formula is C18H29IN4O2. The third kappa shape index (κ3) is 10.6. The van der Waals surface area contributed by atoms with Crippen LogP contribution in [0.15, 0.2) is 41.9 Å². The second-order valence-electron chi connectivity index (χ2n) is 6.24. The molecule has 0 unspecified atom stereocenters. The molecule has 0 aliphatic heterocycles. The summed E-state index contributed by atoms with van der Waals surface area (Å²) in [6.07, 6.45) is 2.18. The molecule has 140 valence electrons. The summed E-state index contributed by atoms with van der Waals surface area (Å²) in [4.78, 5) is 15.8. The van der Waals surface area contributed by atoms with Crippen molar-refractivity contribution in [2.45, 2.75) is 32.8 Å². The summed E-state index contributed by atoms with van der Waals surface area (Å²) < 4.78 is 5.22. The van der Waals surface area contributed by atoms with E-state index in [-0.39, 0.29) is 24.0 Å². The number of aliphatic imine (C=N–C) groups is 1. The van der Waals surface area contributed by atoms with Gasteiger partial charge >= 0.3 is 6.09 Å². The molecule has 7 heteroatoms. The molecule has 25 heavy (non-hydrogen) atoms. The van der Waals surface area contributed by atoms with Gasteiger partial charge in [0, 0.05) is 25.8 Å². The number of hydrogen-bond donors (Lipinski definition) is 3. The average Bonchev–Trinajstić information content (AvgIpc) is 2.50. The van der Waals surface area contributed by atoms with E-state index < -0.39 is 11.7 Å². The second-order valence-corrected chi connectivity index (χ2v) is 6.24. The lowest BCUT2D eigenvalue weighted by Crippen LogP contribution is -2.38. The van der Waals surface area contributed by atoms with Gasteiger partial charge in [0.1, 0.15) is 5.60 Å². The van der Waals surface area contributed by atoms with Crippen molar-refractivity contribution in [3.05, 3.63) is 42.5 Å². The highest BCUT2D eigenvalue weighted by Crippen LogP contribution is 2.13. The van der Waals surface area contributed by atoms with Crippen LogP contribution in [0.5, 0.6) is 0 Å². The van der Waals surface area contributed by atoms with Crippen molar-refractivity contribution in [1.82, 2.24) is 10.6 Å². The fourth-order valence-electron chi connectivity index (χ4n) is 1.89. The summed E-state index contributed by atoms with van der Waals surface area (Å²) in [6, 6.07) is 7.69. The number of halogens is 1. The quantitative estimate of drug-likeness (QED) is 0.263. The van der Waals surface area contributed by atoms with Crippen LogP contribution in [0, 0.1) is 0 Å². The van der Waals surface area contributed by atoms with E-state index >= 15 is 0 Å². The van der Waals surface area contributed by atoms with Crippen molar-refractivity contribution < 1.29 is 9.53 Å². The molecule has 0 atom stereocenters. The van der Waals surface area contributed by atoms with Gasteiger partial charge in [-0.3, -0.25) is 10.3 Å². The maximum Gasteiger partial charge on any atom is 0.412 e. The molecular weight excluding hydrogens is 431 g/mol. The summed E-state index contributed by atoms with van der Waals surface area (Å²) in [5.74, 6) is 0.748. The number of carbonyl (C=O) groups excluding carboxylic acids is 1. The van der Waals surface area contributed by atoms with Crippen molar-refractivity contribution in [2.75, 3.05) is 25.5 Å². The van der Waals surface area contributed by atoms with E-state index in [1.165, 1.54) is 0 Å². The van der Waals surface area contributed by atoms with Gasteiger partial charge in [-0.15, -0.1) is 30.6 Å². The van der Waals surface area contributed by atoms with Crippen LogP contribution >= 0.6 is 24.0 Å². The van der Waals surface area contributed by atoms with E-state index in [1.807, 2.05) is 45.0 Å². The molecule has 3 N–H and O–H groups in total. The molecule has 0 saturated heterocycles. The minimum absolute atomic E-state index is 0. The zero-order chi connectivity index (χ0) is 18.0. The van der Waals surface area contributed by atoms with Crippen LogP contribution in [0.4, 0.5) is 10.5 Å². The molecule has 0 aliphatic rings. The van der Waals surface area contributed by atoms with E-state index in [9.17, 15) is 4.79 Å². The smallest absolute Gasteiger partial charge is 0.412 e. The Morgan fingerprint density at radius 3 is 2.40 bits per heavy atom. The minimum Gasteiger partial charge on any atom is -0.444 e. The predicted molar refractivity (Wildman–Crippen MR) is 115 cm³/mol. The fraction of sp³-hybridized carbons (Fsp3) is 0.444. The topological polar surface area (TPSA) is 74.8 Å². The van der Waals surface area contributed by atoms with E-state index in [1.54, 1.807) is 13.1 Å². The molecule has 1 aromatic carbocycles. The third-order valence-corrected chi connectivity index (χ3v) is 2.94. The van der Waals surface area contributed by atoms with E-state index in [0.29, 0.717) is 12.2 Å². The normalized spacial score (nSPS) is 11.1. The van der Waals surface area contributed by atoms with Gasteiger partial charge in [-0.25, -0.2) is 4.79 Å². The predicted octanol–water partition coefficient (Wildman–Crippen LogP) is 3.55. The van der Waals surface area contributed by atoms with E-state index in [4.69, 9.17) is 4.74 Å². The lowest BCUT2D eigenvalue weighted by atomic mass is 10.1. The van der Waals surface area contributed by atoms with Crippen molar-refractivity contribution in [2.24, 2.45) is 4.99 Å². The molecule has 0 bridgehead atoms. The number of nitrogens with zero attached hydrogens (tertiary/aromatic N) is 1. The lowest BCUT2D eigenvalue weighted by molar-refractivity contribution is 0.0636. The number of anilines is 1. The molecule has 0 fully saturated rings. The van der Waals surface area contributed by atoms with E-state index in [2.05, 4.69) is 27.5 Å². The van der Waals surface area contributed by atoms with Crippen LogP contribution in [0.3, 0.4) is 0 Å². The highest BCUT2D eigenvalue weighted by Gasteiger charge is 2.15. The Hall–Kier alpha value is -1.77. The fourth-order valence-corrected chi connectivity index (χ4v) is 1.89. The first kappa shape index (κ1) is 23.2. The Labute approximate surface area is 167 Å². The molecule has 1 aromatic rings. The van der Waals surface area contributed by atoms with Crippen molar-refractivity contribution >= 4 is 41.7 Å². The van der Waals surface area contributed by atoms with Crippen LogP contribution in [0.1, 0.15) is 26.3 Å². The largest absolute Gasteiger partial charge is 0.444 e. The molecule has 1 amide bonds. The van der Waals surface area contributed by atoms with Crippen LogP contribution in [-0.2, 0) is 11.2 Å². The highest BCUT2D eigenvalue weighted by molar-refractivity contribution is 14.0. The van der Waals surface area contributed by atoms with Gasteiger partial charge in [0.25, 0.3) is 0 Å². The van der Waals surface area contributed by atoms with E-state index in [0.717, 1.165) is 24.5 Å². The average molecular weight is 460 g/mol. The maximum atomic E-state index is 11.7.